The van der Waals surface area contributed by atoms with Gasteiger partial charge in [-0.2, -0.15) is 0 Å². The molecule has 192 valence electrons. The van der Waals surface area contributed by atoms with Gasteiger partial charge in [0, 0.05) is 22.6 Å². The number of ether oxygens (including phenoxy) is 2. The number of aryl methyl sites for hydroxylation is 1. The van der Waals surface area contributed by atoms with Gasteiger partial charge in [-0.05, 0) is 70.2 Å². The molecule has 2 aromatic carbocycles. The Hall–Kier alpha value is -3.71. The lowest BCUT2D eigenvalue weighted by atomic mass is 9.82. The van der Waals surface area contributed by atoms with Crippen LogP contribution in [0, 0.1) is 12.8 Å². The van der Waals surface area contributed by atoms with Gasteiger partial charge in [0.05, 0.1) is 16.7 Å². The summed E-state index contributed by atoms with van der Waals surface area (Å²) in [6.45, 7) is 9.91. The first kappa shape index (κ1) is 25.0. The van der Waals surface area contributed by atoms with E-state index in [-0.39, 0.29) is 69.2 Å². The number of phenolic OH excluding ortho intramolecular Hbond substituents is 2. The predicted octanol–water partition coefficient (Wildman–Crippen LogP) is 4.94. The molecule has 0 radical (unpaired) electrons. The Kier molecular flexibility index (Phi) is 6.07. The van der Waals surface area contributed by atoms with Crippen LogP contribution in [0.5, 0.6) is 11.5 Å². The zero-order valence-electron chi connectivity index (χ0n) is 21.2. The van der Waals surface area contributed by atoms with Gasteiger partial charge in [-0.1, -0.05) is 30.4 Å². The number of ketones is 2. The van der Waals surface area contributed by atoms with Gasteiger partial charge in [0.15, 0.2) is 5.78 Å². The molecule has 4 aliphatic rings. The Morgan fingerprint density at radius 2 is 1.73 bits per heavy atom. The second kappa shape index (κ2) is 8.99. The molecule has 2 aliphatic heterocycles. The van der Waals surface area contributed by atoms with E-state index in [0.717, 1.165) is 25.7 Å². The van der Waals surface area contributed by atoms with E-state index in [1.807, 2.05) is 0 Å². The van der Waals surface area contributed by atoms with Crippen LogP contribution in [-0.2, 0) is 14.3 Å². The topological polar surface area (TPSA) is 113 Å². The lowest BCUT2D eigenvalue weighted by Crippen LogP contribution is -2.28. The van der Waals surface area contributed by atoms with E-state index in [2.05, 4.69) is 26.5 Å². The standard InChI is InChI=1S/C15H10O4.C15H20O3/c1-7-5-9-13(11(17)6-7)15(19)12-8(14(9)18)3-2-4-10(12)16;1-9-5-4-8-15(3)13(18-15)12-11(7-6-9)10(2)14(16)17-12/h2-6,16-17H,1H3;5,11-13H,2,4,6-8H2,1,3H3. The van der Waals surface area contributed by atoms with E-state index in [4.69, 9.17) is 9.47 Å². The first-order valence-corrected chi connectivity index (χ1v) is 12.5. The van der Waals surface area contributed by atoms with E-state index < -0.39 is 5.78 Å². The van der Waals surface area contributed by atoms with E-state index >= 15 is 0 Å². The Balaban J connectivity index is 0.000000152. The molecule has 0 aromatic heterocycles. The number of epoxide rings is 1. The second-order valence-corrected chi connectivity index (χ2v) is 10.5. The average Bonchev–Trinajstić information content (AvgIpc) is 3.42. The lowest BCUT2D eigenvalue weighted by molar-refractivity contribution is -0.140. The summed E-state index contributed by atoms with van der Waals surface area (Å²) in [4.78, 5) is 36.4. The van der Waals surface area contributed by atoms with Crippen molar-refractivity contribution in [1.82, 2.24) is 0 Å². The maximum absolute atomic E-state index is 12.3. The highest BCUT2D eigenvalue weighted by atomic mass is 16.6. The third-order valence-electron chi connectivity index (χ3n) is 7.82. The minimum absolute atomic E-state index is 0.0374. The highest BCUT2D eigenvalue weighted by Crippen LogP contribution is 2.49. The van der Waals surface area contributed by atoms with Crippen LogP contribution in [0.4, 0.5) is 0 Å². The van der Waals surface area contributed by atoms with Gasteiger partial charge in [0.2, 0.25) is 5.78 Å². The van der Waals surface area contributed by atoms with Gasteiger partial charge in [-0.15, -0.1) is 0 Å². The molecular weight excluding hydrogens is 472 g/mol. The normalized spacial score (nSPS) is 28.0. The molecule has 2 aliphatic carbocycles. The zero-order valence-corrected chi connectivity index (χ0v) is 21.2. The summed E-state index contributed by atoms with van der Waals surface area (Å²) in [7, 11) is 0. The summed E-state index contributed by atoms with van der Waals surface area (Å²) in [5.41, 5.74) is 2.88. The van der Waals surface area contributed by atoms with E-state index in [1.54, 1.807) is 13.0 Å². The van der Waals surface area contributed by atoms with Crippen LogP contribution in [0.1, 0.15) is 76.9 Å². The Morgan fingerprint density at radius 1 is 1.00 bits per heavy atom. The highest BCUT2D eigenvalue weighted by molar-refractivity contribution is 6.30. The highest BCUT2D eigenvalue weighted by Gasteiger charge is 2.61. The quantitative estimate of drug-likeness (QED) is 0.194. The van der Waals surface area contributed by atoms with Gasteiger partial charge in [0.25, 0.3) is 0 Å². The third-order valence-corrected chi connectivity index (χ3v) is 7.82. The van der Waals surface area contributed by atoms with Crippen molar-refractivity contribution in [2.75, 3.05) is 0 Å². The largest absolute Gasteiger partial charge is 0.507 e. The minimum atomic E-state index is -0.528. The average molecular weight is 503 g/mol. The fourth-order valence-electron chi connectivity index (χ4n) is 5.63. The second-order valence-electron chi connectivity index (χ2n) is 10.5. The molecule has 7 heteroatoms. The van der Waals surface area contributed by atoms with Gasteiger partial charge in [-0.3, -0.25) is 9.59 Å². The number of fused-ring (bicyclic) bond motifs is 5. The predicted molar refractivity (Wildman–Crippen MR) is 136 cm³/mol. The summed E-state index contributed by atoms with van der Waals surface area (Å²) < 4.78 is 11.3. The van der Waals surface area contributed by atoms with Crippen LogP contribution in [0.2, 0.25) is 0 Å². The number of hydrogen-bond donors (Lipinski definition) is 2. The van der Waals surface area contributed by atoms with Crippen molar-refractivity contribution < 1.29 is 34.1 Å². The number of hydrogen-bond acceptors (Lipinski definition) is 7. The van der Waals surface area contributed by atoms with Gasteiger partial charge in [-0.25, -0.2) is 4.79 Å². The van der Waals surface area contributed by atoms with Crippen molar-refractivity contribution in [3.63, 3.8) is 0 Å². The SMILES string of the molecule is C=C1C(=O)OC2C1CCC(C)=CCCC1(C)OC21.Cc1cc(O)c2c(c1)C(=O)c1cccc(O)c1C2=O. The minimum Gasteiger partial charge on any atom is -0.507 e. The molecule has 4 atom stereocenters. The van der Waals surface area contributed by atoms with E-state index in [0.29, 0.717) is 11.1 Å². The molecule has 7 nitrogen and oxygen atoms in total. The first-order valence-electron chi connectivity index (χ1n) is 12.5. The molecule has 0 spiro atoms. The number of rotatable bonds is 0. The number of esters is 1. The van der Waals surface area contributed by atoms with Crippen LogP contribution >= 0.6 is 0 Å². The van der Waals surface area contributed by atoms with Crippen LogP contribution < -0.4 is 0 Å². The smallest absolute Gasteiger partial charge is 0.334 e. The van der Waals surface area contributed by atoms with Crippen LogP contribution in [0.3, 0.4) is 0 Å². The van der Waals surface area contributed by atoms with Crippen molar-refractivity contribution in [2.45, 2.75) is 64.3 Å². The fraction of sp³-hybridized carbons (Fsp3) is 0.367. The number of carbonyl (C=O) groups excluding carboxylic acids is 3. The van der Waals surface area contributed by atoms with Gasteiger partial charge < -0.3 is 19.7 Å². The number of aromatic hydroxyl groups is 2. The molecule has 2 aromatic rings. The summed E-state index contributed by atoms with van der Waals surface area (Å²) >= 11 is 0. The number of allylic oxidation sites excluding steroid dienone is 2. The van der Waals surface area contributed by atoms with Gasteiger partial charge in [0.1, 0.15) is 23.7 Å². The summed E-state index contributed by atoms with van der Waals surface area (Å²) in [5.74, 6) is -1.47. The number of carbonyl (C=O) groups is 3. The Bertz CT molecular complexity index is 1380. The monoisotopic (exact) mass is 502 g/mol. The molecule has 2 heterocycles. The molecule has 2 fully saturated rings. The Labute approximate surface area is 215 Å². The molecule has 2 N–H and O–H groups in total. The molecule has 37 heavy (non-hydrogen) atoms. The maximum atomic E-state index is 12.3. The van der Waals surface area contributed by atoms with Gasteiger partial charge >= 0.3 is 5.97 Å². The molecule has 0 bridgehead atoms. The van der Waals surface area contributed by atoms with Crippen molar-refractivity contribution in [2.24, 2.45) is 5.92 Å². The number of phenols is 2. The fourth-order valence-corrected chi connectivity index (χ4v) is 5.63. The lowest BCUT2D eigenvalue weighted by Gasteiger charge is -2.19. The summed E-state index contributed by atoms with van der Waals surface area (Å²) in [6, 6.07) is 7.36. The van der Waals surface area contributed by atoms with E-state index in [1.165, 1.54) is 29.8 Å². The molecule has 4 unspecified atom stereocenters. The zero-order chi connectivity index (χ0) is 26.6. The molecular formula is C30H30O7. The van der Waals surface area contributed by atoms with Crippen LogP contribution in [0.15, 0.2) is 54.1 Å². The molecule has 0 amide bonds. The van der Waals surface area contributed by atoms with E-state index in [9.17, 15) is 24.6 Å². The van der Waals surface area contributed by atoms with Crippen LogP contribution in [0.25, 0.3) is 0 Å². The van der Waals surface area contributed by atoms with Crippen LogP contribution in [-0.4, -0.2) is 45.6 Å². The van der Waals surface area contributed by atoms with Crippen molar-refractivity contribution in [3.05, 3.63) is 82.0 Å². The first-order chi connectivity index (χ1) is 17.5. The Morgan fingerprint density at radius 3 is 2.49 bits per heavy atom. The molecule has 6 rings (SSSR count). The van der Waals surface area contributed by atoms with Crippen molar-refractivity contribution in [3.8, 4) is 11.5 Å². The molecule has 2 saturated heterocycles. The maximum Gasteiger partial charge on any atom is 0.334 e. The third kappa shape index (κ3) is 4.27. The van der Waals surface area contributed by atoms with Crippen molar-refractivity contribution in [1.29, 1.82) is 0 Å². The summed E-state index contributed by atoms with van der Waals surface area (Å²) in [5, 5.41) is 19.6. The molecule has 0 saturated carbocycles. The summed E-state index contributed by atoms with van der Waals surface area (Å²) in [6.07, 6.45) is 6.25. The number of benzene rings is 2. The van der Waals surface area contributed by atoms with Crippen molar-refractivity contribution >= 4 is 17.5 Å².